The number of aromatic nitrogens is 2. The Morgan fingerprint density at radius 2 is 1.87 bits per heavy atom. The highest BCUT2D eigenvalue weighted by Crippen LogP contribution is 2.34. The van der Waals surface area contributed by atoms with Crippen molar-refractivity contribution in [1.29, 1.82) is 0 Å². The van der Waals surface area contributed by atoms with E-state index in [1.165, 1.54) is 10.9 Å². The van der Waals surface area contributed by atoms with Gasteiger partial charge in [-0.2, -0.15) is 0 Å². The van der Waals surface area contributed by atoms with E-state index >= 15 is 0 Å². The molecule has 2 aromatic carbocycles. The van der Waals surface area contributed by atoms with Crippen molar-refractivity contribution in [3.05, 3.63) is 76.8 Å². The van der Waals surface area contributed by atoms with Gasteiger partial charge >= 0.3 is 0 Å². The second-order valence-corrected chi connectivity index (χ2v) is 8.00. The van der Waals surface area contributed by atoms with Gasteiger partial charge in [-0.25, -0.2) is 4.98 Å². The van der Waals surface area contributed by atoms with Crippen molar-refractivity contribution in [1.82, 2.24) is 14.5 Å². The van der Waals surface area contributed by atoms with Crippen LogP contribution in [-0.4, -0.2) is 56.4 Å². The number of para-hydroxylation sites is 1. The number of hydrogen-bond donors (Lipinski definition) is 2. The average Bonchev–Trinajstić information content (AvgIpc) is 2.78. The first-order valence-corrected chi connectivity index (χ1v) is 10.1. The molecule has 1 fully saturated rings. The van der Waals surface area contributed by atoms with Crippen LogP contribution in [0.25, 0.3) is 10.9 Å². The molecule has 3 aromatic rings. The summed E-state index contributed by atoms with van der Waals surface area (Å²) in [5, 5.41) is 21.3. The quantitative estimate of drug-likeness (QED) is 0.663. The molecule has 0 bridgehead atoms. The van der Waals surface area contributed by atoms with Crippen LogP contribution in [0.1, 0.15) is 12.0 Å². The minimum Gasteiger partial charge on any atom is -0.396 e. The van der Waals surface area contributed by atoms with Crippen LogP contribution in [0.15, 0.2) is 65.7 Å². The lowest BCUT2D eigenvalue weighted by Gasteiger charge is -2.45. The normalized spacial score (nSPS) is 21.7. The maximum atomic E-state index is 13.0. The molecule has 2 atom stereocenters. The van der Waals surface area contributed by atoms with Crippen LogP contribution >= 0.6 is 0 Å². The molecule has 7 nitrogen and oxygen atoms in total. The van der Waals surface area contributed by atoms with Crippen molar-refractivity contribution in [2.24, 2.45) is 5.41 Å². The molecule has 30 heavy (non-hydrogen) atoms. The number of rotatable bonds is 5. The third-order valence-electron chi connectivity index (χ3n) is 5.99. The Morgan fingerprint density at radius 3 is 2.63 bits per heavy atom. The molecule has 0 radical (unpaired) electrons. The van der Waals surface area contributed by atoms with E-state index in [-0.39, 0.29) is 31.2 Å². The van der Waals surface area contributed by atoms with Gasteiger partial charge < -0.3 is 15.1 Å². The van der Waals surface area contributed by atoms with Crippen molar-refractivity contribution >= 4 is 16.8 Å². The summed E-state index contributed by atoms with van der Waals surface area (Å²) in [7, 11) is 0. The maximum absolute atomic E-state index is 13.0. The number of carbonyl (C=O) groups excluding carboxylic acids is 1. The number of hydrogen-bond acceptors (Lipinski definition) is 5. The van der Waals surface area contributed by atoms with Gasteiger partial charge in [-0.1, -0.05) is 42.5 Å². The number of carbonyl (C=O) groups is 1. The summed E-state index contributed by atoms with van der Waals surface area (Å²) in [5.74, 6) is -0.230. The van der Waals surface area contributed by atoms with E-state index in [0.717, 1.165) is 5.56 Å². The third-order valence-corrected chi connectivity index (χ3v) is 5.99. The molecule has 0 saturated carbocycles. The summed E-state index contributed by atoms with van der Waals surface area (Å²) in [6.45, 7) is 0.254. The molecule has 1 amide bonds. The molecular weight excluding hydrogens is 382 g/mol. The minimum atomic E-state index is -0.831. The topological polar surface area (TPSA) is 95.7 Å². The third kappa shape index (κ3) is 3.86. The van der Waals surface area contributed by atoms with Crippen LogP contribution < -0.4 is 5.56 Å². The molecule has 1 aliphatic heterocycles. The number of likely N-dealkylation sites (tertiary alicyclic amines) is 1. The minimum absolute atomic E-state index is 0.125. The summed E-state index contributed by atoms with van der Waals surface area (Å²) in [6.07, 6.45) is 1.53. The van der Waals surface area contributed by atoms with Crippen LogP contribution in [0.5, 0.6) is 0 Å². The van der Waals surface area contributed by atoms with E-state index in [0.29, 0.717) is 30.3 Å². The fraction of sp³-hybridized carbons (Fsp3) is 0.348. The molecule has 1 saturated heterocycles. The molecule has 1 aromatic heterocycles. The Balaban J connectivity index is 1.54. The number of nitrogens with zero attached hydrogens (tertiary/aromatic N) is 3. The highest BCUT2D eigenvalue weighted by molar-refractivity contribution is 5.79. The fourth-order valence-corrected chi connectivity index (χ4v) is 4.21. The van der Waals surface area contributed by atoms with Crippen LogP contribution in [0.3, 0.4) is 0 Å². The van der Waals surface area contributed by atoms with Crippen molar-refractivity contribution in [2.45, 2.75) is 25.5 Å². The van der Waals surface area contributed by atoms with E-state index in [1.807, 2.05) is 36.4 Å². The van der Waals surface area contributed by atoms with Gasteiger partial charge in [-0.05, 0) is 30.5 Å². The van der Waals surface area contributed by atoms with Crippen LogP contribution in [0.2, 0.25) is 0 Å². The first kappa shape index (κ1) is 20.3. The summed E-state index contributed by atoms with van der Waals surface area (Å²) < 4.78 is 1.31. The number of piperidine rings is 1. The fourth-order valence-electron chi connectivity index (χ4n) is 4.21. The molecule has 2 heterocycles. The summed E-state index contributed by atoms with van der Waals surface area (Å²) in [5.41, 5.74) is 0.495. The van der Waals surface area contributed by atoms with Crippen LogP contribution in [0, 0.1) is 5.41 Å². The van der Waals surface area contributed by atoms with E-state index in [2.05, 4.69) is 4.98 Å². The number of aliphatic hydroxyl groups is 2. The smallest absolute Gasteiger partial charge is 0.261 e. The van der Waals surface area contributed by atoms with Crippen LogP contribution in [0.4, 0.5) is 0 Å². The number of amides is 1. The van der Waals surface area contributed by atoms with Gasteiger partial charge in [0.2, 0.25) is 5.91 Å². The summed E-state index contributed by atoms with van der Waals surface area (Å²) in [4.78, 5) is 31.6. The lowest BCUT2D eigenvalue weighted by Crippen LogP contribution is -2.57. The molecule has 2 N–H and O–H groups in total. The highest BCUT2D eigenvalue weighted by atomic mass is 16.3. The Morgan fingerprint density at radius 1 is 1.13 bits per heavy atom. The first-order valence-electron chi connectivity index (χ1n) is 10.1. The predicted octanol–water partition coefficient (Wildman–Crippen LogP) is 1.21. The number of aliphatic hydroxyl groups excluding tert-OH is 2. The van der Waals surface area contributed by atoms with Gasteiger partial charge in [0.05, 0.1) is 29.9 Å². The summed E-state index contributed by atoms with van der Waals surface area (Å²) >= 11 is 0. The zero-order valence-corrected chi connectivity index (χ0v) is 16.6. The molecule has 156 valence electrons. The Bertz CT molecular complexity index is 1100. The zero-order chi connectivity index (χ0) is 21.1. The largest absolute Gasteiger partial charge is 0.396 e. The van der Waals surface area contributed by atoms with Crippen molar-refractivity contribution in [2.75, 3.05) is 19.7 Å². The Hall–Kier alpha value is -3.03. The van der Waals surface area contributed by atoms with E-state index in [1.54, 1.807) is 23.1 Å². The van der Waals surface area contributed by atoms with E-state index in [9.17, 15) is 19.8 Å². The van der Waals surface area contributed by atoms with Gasteiger partial charge in [0, 0.05) is 18.5 Å². The molecule has 0 spiro atoms. The number of benzene rings is 2. The molecule has 0 unspecified atom stereocenters. The van der Waals surface area contributed by atoms with Crippen molar-refractivity contribution < 1.29 is 15.0 Å². The van der Waals surface area contributed by atoms with E-state index in [4.69, 9.17) is 0 Å². The van der Waals surface area contributed by atoms with Crippen molar-refractivity contribution in [3.63, 3.8) is 0 Å². The number of fused-ring (bicyclic) bond motifs is 1. The first-order chi connectivity index (χ1) is 14.5. The molecule has 7 heteroatoms. The monoisotopic (exact) mass is 407 g/mol. The molecule has 0 aliphatic carbocycles. The van der Waals surface area contributed by atoms with Gasteiger partial charge in [0.25, 0.3) is 5.56 Å². The Labute approximate surface area is 174 Å². The van der Waals surface area contributed by atoms with Gasteiger partial charge in [-0.3, -0.25) is 14.2 Å². The maximum Gasteiger partial charge on any atom is 0.261 e. The lowest BCUT2D eigenvalue weighted by atomic mass is 9.73. The van der Waals surface area contributed by atoms with Crippen LogP contribution in [-0.2, 0) is 17.8 Å². The van der Waals surface area contributed by atoms with Gasteiger partial charge in [-0.15, -0.1) is 0 Å². The molecule has 4 rings (SSSR count). The molecule has 1 aliphatic rings. The SMILES string of the molecule is O=C(Cn1cnc2ccccc2c1=O)N1CC[C@H](O)[C@](CO)(Cc2ccccc2)C1. The Kier molecular flexibility index (Phi) is 5.65. The lowest BCUT2D eigenvalue weighted by molar-refractivity contribution is -0.142. The highest BCUT2D eigenvalue weighted by Gasteiger charge is 2.43. The van der Waals surface area contributed by atoms with Gasteiger partial charge in [0.15, 0.2) is 0 Å². The predicted molar refractivity (Wildman–Crippen MR) is 113 cm³/mol. The second-order valence-electron chi connectivity index (χ2n) is 8.00. The van der Waals surface area contributed by atoms with Gasteiger partial charge in [0.1, 0.15) is 6.54 Å². The van der Waals surface area contributed by atoms with Crippen molar-refractivity contribution in [3.8, 4) is 0 Å². The standard InChI is InChI=1S/C23H25N3O4/c27-15-23(12-17-6-2-1-3-7-17)14-25(11-10-20(23)28)21(29)13-26-16-24-19-9-5-4-8-18(19)22(26)30/h1-9,16,20,27-28H,10-15H2/t20-,23+/m0/s1. The zero-order valence-electron chi connectivity index (χ0n) is 16.6. The average molecular weight is 407 g/mol. The summed E-state index contributed by atoms with van der Waals surface area (Å²) in [6, 6.07) is 16.7. The van der Waals surface area contributed by atoms with E-state index < -0.39 is 11.5 Å². The second kappa shape index (κ2) is 8.38. The molecular formula is C23H25N3O4.